The van der Waals surface area contributed by atoms with Gasteiger partial charge < -0.3 is 14.6 Å². The minimum absolute atomic E-state index is 0.390. The third-order valence-corrected chi connectivity index (χ3v) is 6.30. The average Bonchev–Trinajstić information content (AvgIpc) is 2.62. The smallest absolute Gasteiger partial charge is 0.118 e. The largest absolute Gasteiger partial charge is 0.497 e. The summed E-state index contributed by atoms with van der Waals surface area (Å²) in [5, 5.41) is 10.3. The molecule has 0 aliphatic heterocycles. The molecule has 0 saturated heterocycles. The van der Waals surface area contributed by atoms with Crippen molar-refractivity contribution in [1.29, 1.82) is 0 Å². The van der Waals surface area contributed by atoms with Gasteiger partial charge in [0.1, 0.15) is 5.75 Å². The van der Waals surface area contributed by atoms with Crippen LogP contribution in [0.3, 0.4) is 0 Å². The fourth-order valence-electron chi connectivity index (χ4n) is 4.47. The number of aliphatic hydroxyl groups excluding tert-OH is 1. The molecule has 4 rings (SSSR count). The fraction of sp³-hybridized carbons (Fsp3) is 0.636. The van der Waals surface area contributed by atoms with Crippen LogP contribution in [0.15, 0.2) is 35.9 Å². The molecule has 1 fully saturated rings. The molecular formula is C22H33NO3. The number of aliphatic hydroxyl groups is 1. The van der Waals surface area contributed by atoms with Crippen LogP contribution in [0, 0.1) is 17.3 Å². The maximum Gasteiger partial charge on any atom is 0.118 e. The normalized spacial score (nSPS) is 24.8. The maximum absolute atomic E-state index is 10.3. The van der Waals surface area contributed by atoms with E-state index >= 15 is 0 Å². The number of ether oxygens (including phenoxy) is 2. The first-order valence-corrected chi connectivity index (χ1v) is 9.66. The molecular weight excluding hydrogens is 326 g/mol. The summed E-state index contributed by atoms with van der Waals surface area (Å²) in [7, 11) is 3.69. The fourth-order valence-corrected chi connectivity index (χ4v) is 4.47. The first-order chi connectivity index (χ1) is 12.4. The molecule has 0 heterocycles. The predicted molar refractivity (Wildman–Crippen MR) is 104 cm³/mol. The van der Waals surface area contributed by atoms with Crippen molar-refractivity contribution in [1.82, 2.24) is 4.90 Å². The van der Waals surface area contributed by atoms with Crippen LogP contribution in [-0.2, 0) is 11.3 Å². The topological polar surface area (TPSA) is 41.9 Å². The Morgan fingerprint density at radius 3 is 2.62 bits per heavy atom. The number of nitrogens with zero attached hydrogens (tertiary/aromatic N) is 1. The second kappa shape index (κ2) is 8.12. The summed E-state index contributed by atoms with van der Waals surface area (Å²) in [6.07, 6.45) is 4.40. The quantitative estimate of drug-likeness (QED) is 0.685. The first kappa shape index (κ1) is 19.4. The summed E-state index contributed by atoms with van der Waals surface area (Å²) < 4.78 is 11.0. The Labute approximate surface area is 157 Å². The van der Waals surface area contributed by atoms with Gasteiger partial charge in [-0.3, -0.25) is 4.90 Å². The van der Waals surface area contributed by atoms with E-state index in [0.29, 0.717) is 31.1 Å². The summed E-state index contributed by atoms with van der Waals surface area (Å²) >= 11 is 0. The number of benzene rings is 1. The third-order valence-electron chi connectivity index (χ3n) is 6.30. The second-order valence-corrected chi connectivity index (χ2v) is 8.54. The number of hydrogen-bond acceptors (Lipinski definition) is 4. The van der Waals surface area contributed by atoms with E-state index in [1.165, 1.54) is 24.0 Å². The van der Waals surface area contributed by atoms with Gasteiger partial charge in [0.05, 0.1) is 26.4 Å². The van der Waals surface area contributed by atoms with Gasteiger partial charge in [0.15, 0.2) is 0 Å². The SMILES string of the molecule is COc1ccc(CN(C)C[C@@H](O)COCC2=CC[C@@H]3C[C@H]2C3(C)C)cc1. The molecule has 3 aliphatic rings. The summed E-state index contributed by atoms with van der Waals surface area (Å²) in [5.74, 6) is 2.40. The second-order valence-electron chi connectivity index (χ2n) is 8.54. The molecule has 0 radical (unpaired) electrons. The number of hydrogen-bond donors (Lipinski definition) is 1. The van der Waals surface area contributed by atoms with E-state index in [9.17, 15) is 5.11 Å². The number of rotatable bonds is 9. The number of fused-ring (bicyclic) bond motifs is 1. The summed E-state index contributed by atoms with van der Waals surface area (Å²) in [4.78, 5) is 2.12. The molecule has 4 nitrogen and oxygen atoms in total. The molecule has 4 heteroatoms. The molecule has 3 aliphatic carbocycles. The number of likely N-dealkylation sites (N-methyl/N-ethyl adjacent to an activating group) is 1. The van der Waals surface area contributed by atoms with Crippen LogP contribution < -0.4 is 4.74 Å². The van der Waals surface area contributed by atoms with Crippen molar-refractivity contribution in [3.05, 3.63) is 41.5 Å². The predicted octanol–water partition coefficient (Wildman–Crippen LogP) is 3.50. The zero-order valence-electron chi connectivity index (χ0n) is 16.6. The van der Waals surface area contributed by atoms with Gasteiger partial charge in [0, 0.05) is 13.1 Å². The highest BCUT2D eigenvalue weighted by Gasteiger charge is 2.50. The van der Waals surface area contributed by atoms with Gasteiger partial charge in [-0.25, -0.2) is 0 Å². The minimum Gasteiger partial charge on any atom is -0.497 e. The molecule has 2 bridgehead atoms. The van der Waals surface area contributed by atoms with E-state index in [4.69, 9.17) is 9.47 Å². The number of methoxy groups -OCH3 is 1. The summed E-state index contributed by atoms with van der Waals surface area (Å²) in [5.41, 5.74) is 3.08. The molecule has 1 N–H and O–H groups in total. The van der Waals surface area contributed by atoms with E-state index < -0.39 is 6.10 Å². The lowest BCUT2D eigenvalue weighted by Crippen LogP contribution is -2.48. The van der Waals surface area contributed by atoms with Crippen LogP contribution in [0.4, 0.5) is 0 Å². The molecule has 1 saturated carbocycles. The van der Waals surface area contributed by atoms with Crippen LogP contribution in [0.25, 0.3) is 0 Å². The first-order valence-electron chi connectivity index (χ1n) is 9.66. The van der Waals surface area contributed by atoms with Crippen molar-refractivity contribution >= 4 is 0 Å². The zero-order chi connectivity index (χ0) is 18.7. The van der Waals surface area contributed by atoms with Crippen LogP contribution >= 0.6 is 0 Å². The highest BCUT2D eigenvalue weighted by atomic mass is 16.5. The van der Waals surface area contributed by atoms with E-state index in [0.717, 1.165) is 18.2 Å². The lowest BCUT2D eigenvalue weighted by molar-refractivity contribution is -0.0257. The van der Waals surface area contributed by atoms with Crippen LogP contribution in [-0.4, -0.2) is 50.0 Å². The zero-order valence-corrected chi connectivity index (χ0v) is 16.6. The van der Waals surface area contributed by atoms with Crippen molar-refractivity contribution in [2.45, 2.75) is 39.3 Å². The minimum atomic E-state index is -0.468. The van der Waals surface area contributed by atoms with Crippen molar-refractivity contribution in [2.24, 2.45) is 17.3 Å². The molecule has 144 valence electrons. The Balaban J connectivity index is 1.37. The summed E-state index contributed by atoms with van der Waals surface area (Å²) in [6.45, 7) is 7.20. The lowest BCUT2D eigenvalue weighted by Gasteiger charge is -2.56. The van der Waals surface area contributed by atoms with Crippen LogP contribution in [0.1, 0.15) is 32.3 Å². The Kier molecular flexibility index (Phi) is 6.06. The van der Waals surface area contributed by atoms with Crippen molar-refractivity contribution in [3.63, 3.8) is 0 Å². The van der Waals surface area contributed by atoms with Crippen LogP contribution in [0.2, 0.25) is 0 Å². The Morgan fingerprint density at radius 2 is 2.00 bits per heavy atom. The molecule has 1 aromatic rings. The maximum atomic E-state index is 10.3. The highest BCUT2D eigenvalue weighted by Crippen LogP contribution is 2.59. The average molecular weight is 360 g/mol. The van der Waals surface area contributed by atoms with Gasteiger partial charge in [-0.15, -0.1) is 0 Å². The van der Waals surface area contributed by atoms with Gasteiger partial charge in [-0.1, -0.05) is 32.1 Å². The van der Waals surface area contributed by atoms with Gasteiger partial charge in [0.2, 0.25) is 0 Å². The van der Waals surface area contributed by atoms with Gasteiger partial charge in [0.25, 0.3) is 0 Å². The van der Waals surface area contributed by atoms with Crippen molar-refractivity contribution < 1.29 is 14.6 Å². The van der Waals surface area contributed by atoms with E-state index in [1.54, 1.807) is 7.11 Å². The van der Waals surface area contributed by atoms with E-state index in [2.05, 4.69) is 37.0 Å². The molecule has 0 aromatic heterocycles. The van der Waals surface area contributed by atoms with Crippen molar-refractivity contribution in [2.75, 3.05) is 33.9 Å². The summed E-state index contributed by atoms with van der Waals surface area (Å²) in [6, 6.07) is 8.04. The molecule has 26 heavy (non-hydrogen) atoms. The van der Waals surface area contributed by atoms with Gasteiger partial charge >= 0.3 is 0 Å². The monoisotopic (exact) mass is 359 g/mol. The molecule has 0 amide bonds. The van der Waals surface area contributed by atoms with Crippen molar-refractivity contribution in [3.8, 4) is 5.75 Å². The Morgan fingerprint density at radius 1 is 1.27 bits per heavy atom. The standard InChI is InChI=1S/C22H33NO3/c1-22(2)18-8-7-17(21(22)11-18)14-26-15-19(24)13-23(3)12-16-5-9-20(25-4)10-6-16/h5-7,9-10,18-19,21,24H,8,11-15H2,1-4H3/t18-,19-,21-/m1/s1. The van der Waals surface area contributed by atoms with E-state index in [-0.39, 0.29) is 0 Å². The Bertz CT molecular complexity index is 623. The molecule has 0 unspecified atom stereocenters. The molecule has 3 atom stereocenters. The molecule has 1 aromatic carbocycles. The molecule has 0 spiro atoms. The van der Waals surface area contributed by atoms with Crippen LogP contribution in [0.5, 0.6) is 5.75 Å². The number of allylic oxidation sites excluding steroid dienone is 1. The van der Waals surface area contributed by atoms with E-state index in [1.807, 2.05) is 19.2 Å². The Hall–Kier alpha value is -1.36. The van der Waals surface area contributed by atoms with Gasteiger partial charge in [-0.05, 0) is 60.4 Å². The third kappa shape index (κ3) is 4.30. The lowest BCUT2D eigenvalue weighted by atomic mass is 9.49. The van der Waals surface area contributed by atoms with Gasteiger partial charge in [-0.2, -0.15) is 0 Å². The highest BCUT2D eigenvalue weighted by molar-refractivity contribution is 5.27.